The molecule has 0 aromatic heterocycles. The van der Waals surface area contributed by atoms with E-state index in [-0.39, 0.29) is 10.5 Å². The van der Waals surface area contributed by atoms with Crippen LogP contribution >= 0.6 is 0 Å². The van der Waals surface area contributed by atoms with Crippen molar-refractivity contribution in [2.24, 2.45) is 0 Å². The third kappa shape index (κ3) is 3.54. The number of nitrogens with zero attached hydrogens (tertiary/aromatic N) is 1. The summed E-state index contributed by atoms with van der Waals surface area (Å²) in [5, 5.41) is 0. The zero-order valence-corrected chi connectivity index (χ0v) is 12.2. The van der Waals surface area contributed by atoms with Crippen molar-refractivity contribution < 1.29 is 17.9 Å². The van der Waals surface area contributed by atoms with E-state index in [0.717, 1.165) is 12.8 Å². The summed E-state index contributed by atoms with van der Waals surface area (Å²) in [7, 11) is -0.923. The Morgan fingerprint density at radius 1 is 1.32 bits per heavy atom. The fourth-order valence-electron chi connectivity index (χ4n) is 1.64. The number of hydrogen-bond donors (Lipinski definition) is 0. The minimum Gasteiger partial charge on any atom is -0.465 e. The number of carbonyl (C=O) groups is 1. The van der Waals surface area contributed by atoms with E-state index in [1.165, 1.54) is 30.6 Å². The van der Waals surface area contributed by atoms with Crippen LogP contribution in [0.5, 0.6) is 0 Å². The molecule has 0 heterocycles. The second kappa shape index (κ2) is 6.68. The zero-order valence-electron chi connectivity index (χ0n) is 11.4. The maximum atomic E-state index is 12.4. The van der Waals surface area contributed by atoms with Gasteiger partial charge in [-0.25, -0.2) is 17.5 Å². The van der Waals surface area contributed by atoms with E-state index in [1.807, 2.05) is 6.92 Å². The highest BCUT2D eigenvalue weighted by Gasteiger charge is 2.26. The lowest BCUT2D eigenvalue weighted by molar-refractivity contribution is 0.0596. The minimum absolute atomic E-state index is 0.0135. The second-order valence-electron chi connectivity index (χ2n) is 4.17. The Morgan fingerprint density at radius 2 is 1.95 bits per heavy atom. The molecule has 0 aliphatic carbocycles. The number of methoxy groups -OCH3 is 1. The molecule has 0 spiro atoms. The molecule has 0 N–H and O–H groups in total. The van der Waals surface area contributed by atoms with E-state index >= 15 is 0 Å². The Hall–Kier alpha value is -1.40. The summed E-state index contributed by atoms with van der Waals surface area (Å²) in [4.78, 5) is 11.6. The summed E-state index contributed by atoms with van der Waals surface area (Å²) >= 11 is 0. The van der Waals surface area contributed by atoms with Crippen LogP contribution in [0.4, 0.5) is 0 Å². The third-order valence-electron chi connectivity index (χ3n) is 2.81. The van der Waals surface area contributed by atoms with Gasteiger partial charge in [-0.15, -0.1) is 0 Å². The first kappa shape index (κ1) is 15.7. The van der Waals surface area contributed by atoms with Crippen LogP contribution in [-0.2, 0) is 14.8 Å². The number of hydrogen-bond acceptors (Lipinski definition) is 4. The Balaban J connectivity index is 3.18. The molecule has 0 aliphatic heterocycles. The molecule has 1 rings (SSSR count). The van der Waals surface area contributed by atoms with E-state index in [4.69, 9.17) is 0 Å². The summed E-state index contributed by atoms with van der Waals surface area (Å²) in [5.74, 6) is -0.650. The molecular formula is C13H19NO4S. The molecule has 6 heteroatoms. The van der Waals surface area contributed by atoms with Crippen LogP contribution in [0.3, 0.4) is 0 Å². The first-order valence-corrected chi connectivity index (χ1v) is 7.52. The zero-order chi connectivity index (χ0) is 14.5. The highest BCUT2D eigenvalue weighted by Crippen LogP contribution is 2.20. The summed E-state index contributed by atoms with van der Waals surface area (Å²) in [6.07, 6.45) is 1.68. The maximum Gasteiger partial charge on any atom is 0.339 e. The Morgan fingerprint density at radius 3 is 2.53 bits per heavy atom. The topological polar surface area (TPSA) is 63.7 Å². The van der Waals surface area contributed by atoms with E-state index < -0.39 is 16.0 Å². The molecule has 0 aliphatic rings. The lowest BCUT2D eigenvalue weighted by atomic mass is 10.2. The van der Waals surface area contributed by atoms with Crippen LogP contribution in [0.2, 0.25) is 0 Å². The third-order valence-corrected chi connectivity index (χ3v) is 4.72. The van der Waals surface area contributed by atoms with Gasteiger partial charge in [-0.05, 0) is 18.6 Å². The first-order valence-electron chi connectivity index (χ1n) is 6.08. The number of carbonyl (C=O) groups excluding carboxylic acids is 1. The van der Waals surface area contributed by atoms with Crippen molar-refractivity contribution in [1.82, 2.24) is 4.31 Å². The lowest BCUT2D eigenvalue weighted by Gasteiger charge is -2.18. The molecule has 1 aromatic rings. The van der Waals surface area contributed by atoms with E-state index in [9.17, 15) is 13.2 Å². The fourth-order valence-corrected chi connectivity index (χ4v) is 3.02. The standard InChI is InChI=1S/C13H19NO4S/c1-4-5-10-14(2)19(16,17)12-9-7-6-8-11(12)13(15)18-3/h6-9H,4-5,10H2,1-3H3. The predicted octanol–water partition coefficient (Wildman–Crippen LogP) is 1.89. The molecule has 0 unspecified atom stereocenters. The van der Waals surface area contributed by atoms with Gasteiger partial charge in [0.25, 0.3) is 0 Å². The molecule has 0 bridgehead atoms. The number of esters is 1. The van der Waals surface area contributed by atoms with Crippen LogP contribution < -0.4 is 0 Å². The quantitative estimate of drug-likeness (QED) is 0.749. The van der Waals surface area contributed by atoms with Gasteiger partial charge in [-0.1, -0.05) is 25.5 Å². The number of sulfonamides is 1. The molecule has 19 heavy (non-hydrogen) atoms. The SMILES string of the molecule is CCCCN(C)S(=O)(=O)c1ccccc1C(=O)OC. The van der Waals surface area contributed by atoms with Crippen molar-refractivity contribution in [2.75, 3.05) is 20.7 Å². The normalized spacial score (nSPS) is 11.6. The van der Waals surface area contributed by atoms with Crippen LogP contribution in [0, 0.1) is 0 Å². The van der Waals surface area contributed by atoms with Gasteiger partial charge in [0.15, 0.2) is 0 Å². The van der Waals surface area contributed by atoms with E-state index in [2.05, 4.69) is 4.74 Å². The second-order valence-corrected chi connectivity index (χ2v) is 6.18. The van der Waals surface area contributed by atoms with Crippen molar-refractivity contribution in [1.29, 1.82) is 0 Å². The van der Waals surface area contributed by atoms with Gasteiger partial charge < -0.3 is 4.74 Å². The number of unbranched alkanes of at least 4 members (excludes halogenated alkanes) is 1. The highest BCUT2D eigenvalue weighted by atomic mass is 32.2. The molecule has 0 atom stereocenters. The number of rotatable bonds is 6. The molecule has 0 saturated carbocycles. The van der Waals surface area contributed by atoms with Crippen LogP contribution in [0.15, 0.2) is 29.2 Å². The molecule has 0 amide bonds. The lowest BCUT2D eigenvalue weighted by Crippen LogP contribution is -2.29. The fraction of sp³-hybridized carbons (Fsp3) is 0.462. The molecule has 5 nitrogen and oxygen atoms in total. The maximum absolute atomic E-state index is 12.4. The van der Waals surface area contributed by atoms with Gasteiger partial charge in [0.1, 0.15) is 0 Å². The van der Waals surface area contributed by atoms with Crippen molar-refractivity contribution in [2.45, 2.75) is 24.7 Å². The van der Waals surface area contributed by atoms with Gasteiger partial charge in [0, 0.05) is 13.6 Å². The molecule has 0 radical (unpaired) electrons. The largest absolute Gasteiger partial charge is 0.465 e. The Kier molecular flexibility index (Phi) is 5.50. The Labute approximate surface area is 114 Å². The van der Waals surface area contributed by atoms with Gasteiger partial charge in [-0.2, -0.15) is 0 Å². The van der Waals surface area contributed by atoms with Crippen molar-refractivity contribution in [3.63, 3.8) is 0 Å². The molecule has 106 valence electrons. The monoisotopic (exact) mass is 285 g/mol. The van der Waals surface area contributed by atoms with Crippen LogP contribution in [0.1, 0.15) is 30.1 Å². The Bertz CT molecular complexity index is 539. The summed E-state index contributed by atoms with van der Waals surface area (Å²) in [6.45, 7) is 2.41. The first-order chi connectivity index (χ1) is 8.95. The van der Waals surface area contributed by atoms with E-state index in [0.29, 0.717) is 6.54 Å². The van der Waals surface area contributed by atoms with E-state index in [1.54, 1.807) is 12.1 Å². The van der Waals surface area contributed by atoms with Gasteiger partial charge in [0.2, 0.25) is 10.0 Å². The average Bonchev–Trinajstić information content (AvgIpc) is 2.43. The van der Waals surface area contributed by atoms with Crippen molar-refractivity contribution in [3.8, 4) is 0 Å². The molecule has 0 saturated heterocycles. The van der Waals surface area contributed by atoms with Crippen molar-refractivity contribution in [3.05, 3.63) is 29.8 Å². The van der Waals surface area contributed by atoms with Crippen molar-refractivity contribution >= 4 is 16.0 Å². The minimum atomic E-state index is -3.66. The van der Waals surface area contributed by atoms with Crippen LogP contribution in [-0.4, -0.2) is 39.4 Å². The average molecular weight is 285 g/mol. The summed E-state index contributed by atoms with van der Waals surface area (Å²) < 4.78 is 30.7. The molecular weight excluding hydrogens is 266 g/mol. The molecule has 1 aromatic carbocycles. The number of ether oxygens (including phenoxy) is 1. The number of benzene rings is 1. The summed E-state index contributed by atoms with van der Waals surface area (Å²) in [5.41, 5.74) is 0.0633. The summed E-state index contributed by atoms with van der Waals surface area (Å²) in [6, 6.07) is 6.07. The predicted molar refractivity (Wildman–Crippen MR) is 72.5 cm³/mol. The van der Waals surface area contributed by atoms with Gasteiger partial charge >= 0.3 is 5.97 Å². The smallest absolute Gasteiger partial charge is 0.339 e. The van der Waals surface area contributed by atoms with Gasteiger partial charge in [0.05, 0.1) is 17.6 Å². The van der Waals surface area contributed by atoms with Gasteiger partial charge in [-0.3, -0.25) is 0 Å². The van der Waals surface area contributed by atoms with Crippen LogP contribution in [0.25, 0.3) is 0 Å². The molecule has 0 fully saturated rings. The highest BCUT2D eigenvalue weighted by molar-refractivity contribution is 7.89.